The van der Waals surface area contributed by atoms with Gasteiger partial charge >= 0.3 is 5.97 Å². The third-order valence-corrected chi connectivity index (χ3v) is 3.18. The van der Waals surface area contributed by atoms with Gasteiger partial charge in [0.05, 0.1) is 10.0 Å². The molecule has 0 bridgehead atoms. The summed E-state index contributed by atoms with van der Waals surface area (Å²) >= 11 is 3.31. The van der Waals surface area contributed by atoms with Crippen molar-refractivity contribution in [3.05, 3.63) is 63.9 Å². The lowest BCUT2D eigenvalue weighted by molar-refractivity contribution is 0.0691. The number of benzene rings is 2. The van der Waals surface area contributed by atoms with Crippen molar-refractivity contribution in [1.29, 1.82) is 0 Å². The Hall–Kier alpha value is -1.88. The summed E-state index contributed by atoms with van der Waals surface area (Å²) in [6.45, 7) is -0.0322. The van der Waals surface area contributed by atoms with Crippen LogP contribution in [0.25, 0.3) is 0 Å². The molecule has 0 radical (unpaired) electrons. The van der Waals surface area contributed by atoms with Crippen LogP contribution in [0.2, 0.25) is 0 Å². The molecule has 19 heavy (non-hydrogen) atoms. The van der Waals surface area contributed by atoms with Gasteiger partial charge in [0.15, 0.2) is 0 Å². The summed E-state index contributed by atoms with van der Waals surface area (Å²) in [5.41, 5.74) is -0.149. The number of ether oxygens (including phenoxy) is 1. The van der Waals surface area contributed by atoms with E-state index >= 15 is 0 Å². The highest BCUT2D eigenvalue weighted by molar-refractivity contribution is 9.10. The Morgan fingerprint density at radius 2 is 1.95 bits per heavy atom. The average molecular weight is 325 g/mol. The third-order valence-electron chi connectivity index (χ3n) is 2.53. The minimum absolute atomic E-state index is 0.0322. The van der Waals surface area contributed by atoms with Gasteiger partial charge in [-0.3, -0.25) is 0 Å². The monoisotopic (exact) mass is 324 g/mol. The molecule has 0 heterocycles. The van der Waals surface area contributed by atoms with Gasteiger partial charge in [0, 0.05) is 5.56 Å². The summed E-state index contributed by atoms with van der Waals surface area (Å²) in [6.07, 6.45) is 0. The number of aromatic carboxylic acids is 1. The first-order valence-electron chi connectivity index (χ1n) is 5.47. The first kappa shape index (κ1) is 13.5. The Kier molecular flexibility index (Phi) is 4.16. The lowest BCUT2D eigenvalue weighted by Gasteiger charge is -2.09. The Labute approximate surface area is 117 Å². The molecule has 5 heteroatoms. The number of carboxylic acid groups (broad SMARTS) is 1. The number of rotatable bonds is 4. The van der Waals surface area contributed by atoms with E-state index in [2.05, 4.69) is 15.9 Å². The number of carboxylic acids is 1. The van der Waals surface area contributed by atoms with Crippen LogP contribution in [-0.2, 0) is 6.61 Å². The molecule has 0 spiro atoms. The first-order chi connectivity index (χ1) is 9.09. The highest BCUT2D eigenvalue weighted by atomic mass is 79.9. The third kappa shape index (κ3) is 3.12. The van der Waals surface area contributed by atoms with Gasteiger partial charge in [-0.1, -0.05) is 24.3 Å². The minimum Gasteiger partial charge on any atom is -0.488 e. The minimum atomic E-state index is -1.29. The Morgan fingerprint density at radius 1 is 1.21 bits per heavy atom. The molecular weight excluding hydrogens is 315 g/mol. The van der Waals surface area contributed by atoms with Crippen LogP contribution in [0.1, 0.15) is 15.9 Å². The van der Waals surface area contributed by atoms with Gasteiger partial charge in [-0.2, -0.15) is 0 Å². The summed E-state index contributed by atoms with van der Waals surface area (Å²) < 4.78 is 20.1. The number of para-hydroxylation sites is 1. The van der Waals surface area contributed by atoms with E-state index in [-0.39, 0.29) is 17.7 Å². The largest absolute Gasteiger partial charge is 0.488 e. The maximum absolute atomic E-state index is 13.9. The van der Waals surface area contributed by atoms with E-state index in [0.717, 1.165) is 4.47 Å². The van der Waals surface area contributed by atoms with E-state index < -0.39 is 11.8 Å². The molecular formula is C14H10BrFO3. The molecule has 0 fully saturated rings. The summed E-state index contributed by atoms with van der Waals surface area (Å²) in [7, 11) is 0. The zero-order chi connectivity index (χ0) is 13.8. The summed E-state index contributed by atoms with van der Waals surface area (Å²) in [5, 5.41) is 8.83. The molecule has 0 aliphatic rings. The van der Waals surface area contributed by atoms with Gasteiger partial charge in [-0.15, -0.1) is 0 Å². The second-order valence-corrected chi connectivity index (χ2v) is 4.66. The molecule has 0 aromatic heterocycles. The molecule has 1 N–H and O–H groups in total. The fourth-order valence-corrected chi connectivity index (χ4v) is 1.97. The maximum atomic E-state index is 13.9. The van der Waals surface area contributed by atoms with Crippen molar-refractivity contribution >= 4 is 21.9 Å². The molecule has 2 aromatic carbocycles. The van der Waals surface area contributed by atoms with Gasteiger partial charge in [0.2, 0.25) is 0 Å². The second-order valence-electron chi connectivity index (χ2n) is 3.80. The fourth-order valence-electron chi connectivity index (χ4n) is 1.57. The van der Waals surface area contributed by atoms with Gasteiger partial charge in [-0.25, -0.2) is 9.18 Å². The van der Waals surface area contributed by atoms with Crippen LogP contribution >= 0.6 is 15.9 Å². The van der Waals surface area contributed by atoms with E-state index in [1.54, 1.807) is 18.2 Å². The van der Waals surface area contributed by atoms with E-state index in [1.807, 2.05) is 6.07 Å². The van der Waals surface area contributed by atoms with Crippen LogP contribution in [0.5, 0.6) is 5.75 Å². The van der Waals surface area contributed by atoms with Crippen LogP contribution in [0.4, 0.5) is 4.39 Å². The van der Waals surface area contributed by atoms with Crippen LogP contribution in [0, 0.1) is 5.82 Å². The molecule has 0 amide bonds. The predicted octanol–water partition coefficient (Wildman–Crippen LogP) is 3.87. The molecule has 0 unspecified atom stereocenters. The topological polar surface area (TPSA) is 46.5 Å². The SMILES string of the molecule is O=C(O)c1cccc(COc2ccccc2Br)c1F. The van der Waals surface area contributed by atoms with Crippen molar-refractivity contribution in [2.45, 2.75) is 6.61 Å². The lowest BCUT2D eigenvalue weighted by Crippen LogP contribution is -2.06. The van der Waals surface area contributed by atoms with Crippen LogP contribution in [0.3, 0.4) is 0 Å². The average Bonchev–Trinajstić information content (AvgIpc) is 2.39. The van der Waals surface area contributed by atoms with E-state index in [4.69, 9.17) is 9.84 Å². The molecule has 3 nitrogen and oxygen atoms in total. The maximum Gasteiger partial charge on any atom is 0.338 e. The van der Waals surface area contributed by atoms with E-state index in [1.165, 1.54) is 18.2 Å². The van der Waals surface area contributed by atoms with E-state index in [0.29, 0.717) is 5.75 Å². The molecule has 2 aromatic rings. The molecule has 0 aliphatic heterocycles. The Morgan fingerprint density at radius 3 is 2.63 bits per heavy atom. The van der Waals surface area contributed by atoms with Crippen molar-refractivity contribution in [1.82, 2.24) is 0 Å². The first-order valence-corrected chi connectivity index (χ1v) is 6.27. The summed E-state index contributed by atoms with van der Waals surface area (Å²) in [5.74, 6) is -1.48. The van der Waals surface area contributed by atoms with Crippen molar-refractivity contribution in [3.8, 4) is 5.75 Å². The quantitative estimate of drug-likeness (QED) is 0.928. The smallest absolute Gasteiger partial charge is 0.338 e. The van der Waals surface area contributed by atoms with Gasteiger partial charge in [0.25, 0.3) is 0 Å². The Bertz CT molecular complexity index is 613. The number of halogens is 2. The van der Waals surface area contributed by atoms with E-state index in [9.17, 15) is 9.18 Å². The van der Waals surface area contributed by atoms with Crippen molar-refractivity contribution < 1.29 is 19.0 Å². The highest BCUT2D eigenvalue weighted by Gasteiger charge is 2.14. The predicted molar refractivity (Wildman–Crippen MR) is 71.8 cm³/mol. The lowest BCUT2D eigenvalue weighted by atomic mass is 10.1. The van der Waals surface area contributed by atoms with Gasteiger partial charge in [-0.05, 0) is 34.1 Å². The van der Waals surface area contributed by atoms with Crippen molar-refractivity contribution in [2.24, 2.45) is 0 Å². The second kappa shape index (κ2) is 5.84. The molecule has 0 saturated carbocycles. The molecule has 0 saturated heterocycles. The normalized spacial score (nSPS) is 10.2. The van der Waals surface area contributed by atoms with Gasteiger partial charge < -0.3 is 9.84 Å². The number of hydrogen-bond acceptors (Lipinski definition) is 2. The van der Waals surface area contributed by atoms with Crippen LogP contribution in [-0.4, -0.2) is 11.1 Å². The summed E-state index contributed by atoms with van der Waals surface area (Å²) in [6, 6.07) is 11.4. The number of carbonyl (C=O) groups is 1. The van der Waals surface area contributed by atoms with Crippen LogP contribution < -0.4 is 4.74 Å². The molecule has 2 rings (SSSR count). The molecule has 0 aliphatic carbocycles. The highest BCUT2D eigenvalue weighted by Crippen LogP contribution is 2.25. The fraction of sp³-hybridized carbons (Fsp3) is 0.0714. The standard InChI is InChI=1S/C14H10BrFO3/c15-11-6-1-2-7-12(11)19-8-9-4-3-5-10(13(9)16)14(17)18/h1-7H,8H2,(H,17,18). The van der Waals surface area contributed by atoms with Crippen molar-refractivity contribution in [3.63, 3.8) is 0 Å². The summed E-state index contributed by atoms with van der Waals surface area (Å²) in [4.78, 5) is 10.8. The van der Waals surface area contributed by atoms with Crippen LogP contribution in [0.15, 0.2) is 46.9 Å². The van der Waals surface area contributed by atoms with Crippen molar-refractivity contribution in [2.75, 3.05) is 0 Å². The molecule has 0 atom stereocenters. The van der Waals surface area contributed by atoms with Gasteiger partial charge in [0.1, 0.15) is 18.2 Å². The zero-order valence-electron chi connectivity index (χ0n) is 9.77. The zero-order valence-corrected chi connectivity index (χ0v) is 11.4. The number of hydrogen-bond donors (Lipinski definition) is 1. The Balaban J connectivity index is 2.19. The molecule has 98 valence electrons.